The first kappa shape index (κ1) is 17.4. The van der Waals surface area contributed by atoms with Gasteiger partial charge in [0.25, 0.3) is 0 Å². The summed E-state index contributed by atoms with van der Waals surface area (Å²) in [5.41, 5.74) is 1.06. The predicted octanol–water partition coefficient (Wildman–Crippen LogP) is 1.57. The van der Waals surface area contributed by atoms with Crippen LogP contribution in [0.15, 0.2) is 18.3 Å². The summed E-state index contributed by atoms with van der Waals surface area (Å²) in [6.07, 6.45) is 4.60. The fourth-order valence-electron chi connectivity index (χ4n) is 2.74. The highest BCUT2D eigenvalue weighted by Crippen LogP contribution is 2.20. The van der Waals surface area contributed by atoms with E-state index in [4.69, 9.17) is 0 Å². The van der Waals surface area contributed by atoms with Crippen LogP contribution in [0.5, 0.6) is 0 Å². The standard InChI is InChI=1S/C17H26N4O2/c1-13-5-6-15(19-12-13)20-17(23)14-7-10-21(11-8-14)16(22)4-3-9-18-2/h5-6,12,14,18H,3-4,7-11H2,1-2H3,(H,19,20,23). The van der Waals surface area contributed by atoms with E-state index in [1.54, 1.807) is 6.20 Å². The molecule has 1 aromatic rings. The van der Waals surface area contributed by atoms with Gasteiger partial charge in [0.2, 0.25) is 11.8 Å². The summed E-state index contributed by atoms with van der Waals surface area (Å²) in [7, 11) is 1.89. The molecule has 2 rings (SSSR count). The van der Waals surface area contributed by atoms with Crippen molar-refractivity contribution >= 4 is 17.6 Å². The Balaban J connectivity index is 1.76. The number of carbonyl (C=O) groups is 2. The van der Waals surface area contributed by atoms with Crippen LogP contribution in [0.3, 0.4) is 0 Å². The molecule has 0 aromatic carbocycles. The zero-order chi connectivity index (χ0) is 16.7. The first-order chi connectivity index (χ1) is 11.1. The van der Waals surface area contributed by atoms with Crippen LogP contribution in [0, 0.1) is 12.8 Å². The molecule has 1 fully saturated rings. The van der Waals surface area contributed by atoms with E-state index in [0.29, 0.717) is 25.3 Å². The summed E-state index contributed by atoms with van der Waals surface area (Å²) in [5, 5.41) is 5.91. The maximum Gasteiger partial charge on any atom is 0.228 e. The van der Waals surface area contributed by atoms with Crippen molar-refractivity contribution in [2.24, 2.45) is 5.92 Å². The number of nitrogens with zero attached hydrogens (tertiary/aromatic N) is 2. The first-order valence-corrected chi connectivity index (χ1v) is 8.26. The largest absolute Gasteiger partial charge is 0.343 e. The van der Waals surface area contributed by atoms with Crippen LogP contribution < -0.4 is 10.6 Å². The molecule has 0 unspecified atom stereocenters. The van der Waals surface area contributed by atoms with E-state index in [9.17, 15) is 9.59 Å². The summed E-state index contributed by atoms with van der Waals surface area (Å²) >= 11 is 0. The number of aromatic nitrogens is 1. The number of hydrogen-bond acceptors (Lipinski definition) is 4. The molecular weight excluding hydrogens is 292 g/mol. The smallest absolute Gasteiger partial charge is 0.228 e. The van der Waals surface area contributed by atoms with Gasteiger partial charge in [-0.3, -0.25) is 9.59 Å². The number of rotatable bonds is 6. The SMILES string of the molecule is CNCCCC(=O)N1CCC(C(=O)Nc2ccc(C)cn2)CC1. The van der Waals surface area contributed by atoms with Crippen LogP contribution in [0.2, 0.25) is 0 Å². The molecule has 0 atom stereocenters. The van der Waals surface area contributed by atoms with E-state index in [2.05, 4.69) is 15.6 Å². The van der Waals surface area contributed by atoms with Gasteiger partial charge >= 0.3 is 0 Å². The minimum atomic E-state index is -0.0422. The Hall–Kier alpha value is -1.95. The number of carbonyl (C=O) groups excluding carboxylic acids is 2. The number of pyridine rings is 1. The molecule has 23 heavy (non-hydrogen) atoms. The Morgan fingerprint density at radius 1 is 1.30 bits per heavy atom. The predicted molar refractivity (Wildman–Crippen MR) is 90.1 cm³/mol. The number of likely N-dealkylation sites (tertiary alicyclic amines) is 1. The molecule has 0 bridgehead atoms. The number of nitrogens with one attached hydrogen (secondary N) is 2. The van der Waals surface area contributed by atoms with Gasteiger partial charge < -0.3 is 15.5 Å². The molecule has 126 valence electrons. The number of anilines is 1. The quantitative estimate of drug-likeness (QED) is 0.781. The van der Waals surface area contributed by atoms with Gasteiger partial charge in [0, 0.05) is 31.6 Å². The van der Waals surface area contributed by atoms with Crippen LogP contribution in [0.25, 0.3) is 0 Å². The van der Waals surface area contributed by atoms with Crippen molar-refractivity contribution < 1.29 is 9.59 Å². The van der Waals surface area contributed by atoms with E-state index < -0.39 is 0 Å². The minimum absolute atomic E-state index is 0.00337. The van der Waals surface area contributed by atoms with Crippen LogP contribution in [0.1, 0.15) is 31.2 Å². The summed E-state index contributed by atoms with van der Waals surface area (Å²) in [5.74, 6) is 0.744. The summed E-state index contributed by atoms with van der Waals surface area (Å²) in [6, 6.07) is 3.74. The number of hydrogen-bond donors (Lipinski definition) is 2. The maximum atomic E-state index is 12.3. The normalized spacial score (nSPS) is 15.5. The second-order valence-electron chi connectivity index (χ2n) is 6.07. The Labute approximate surface area is 137 Å². The van der Waals surface area contributed by atoms with Crippen molar-refractivity contribution in [2.75, 3.05) is 32.0 Å². The van der Waals surface area contributed by atoms with Crippen molar-refractivity contribution in [3.05, 3.63) is 23.9 Å². The van der Waals surface area contributed by atoms with Crippen LogP contribution >= 0.6 is 0 Å². The Morgan fingerprint density at radius 3 is 2.65 bits per heavy atom. The Bertz CT molecular complexity index is 522. The Kier molecular flexibility index (Phi) is 6.52. The van der Waals surface area contributed by atoms with Crippen molar-refractivity contribution in [3.63, 3.8) is 0 Å². The second kappa shape index (κ2) is 8.62. The molecule has 2 amide bonds. The summed E-state index contributed by atoms with van der Waals surface area (Å²) in [4.78, 5) is 30.4. The molecule has 0 spiro atoms. The van der Waals surface area contributed by atoms with E-state index >= 15 is 0 Å². The molecule has 0 saturated carbocycles. The lowest BCUT2D eigenvalue weighted by atomic mass is 9.95. The molecule has 2 N–H and O–H groups in total. The third kappa shape index (κ3) is 5.32. The molecule has 1 aliphatic rings. The lowest BCUT2D eigenvalue weighted by Crippen LogP contribution is -2.41. The van der Waals surface area contributed by atoms with Gasteiger partial charge in [-0.25, -0.2) is 4.98 Å². The molecule has 0 radical (unpaired) electrons. The molecule has 1 aromatic heterocycles. The average Bonchev–Trinajstić information content (AvgIpc) is 2.57. The van der Waals surface area contributed by atoms with Crippen molar-refractivity contribution in [1.82, 2.24) is 15.2 Å². The first-order valence-electron chi connectivity index (χ1n) is 8.26. The van der Waals surface area contributed by atoms with E-state index in [-0.39, 0.29) is 17.7 Å². The van der Waals surface area contributed by atoms with Crippen molar-refractivity contribution in [3.8, 4) is 0 Å². The number of piperidine rings is 1. The zero-order valence-corrected chi connectivity index (χ0v) is 14.0. The summed E-state index contributed by atoms with van der Waals surface area (Å²) in [6.45, 7) is 4.14. The summed E-state index contributed by atoms with van der Waals surface area (Å²) < 4.78 is 0. The van der Waals surface area contributed by atoms with Gasteiger partial charge in [-0.05, 0) is 51.4 Å². The van der Waals surface area contributed by atoms with Gasteiger partial charge in [-0.15, -0.1) is 0 Å². The van der Waals surface area contributed by atoms with Gasteiger partial charge in [0.1, 0.15) is 5.82 Å². The highest BCUT2D eigenvalue weighted by Gasteiger charge is 2.27. The molecule has 1 aliphatic heterocycles. The van der Waals surface area contributed by atoms with Crippen LogP contribution in [-0.2, 0) is 9.59 Å². The third-order valence-electron chi connectivity index (χ3n) is 4.20. The zero-order valence-electron chi connectivity index (χ0n) is 14.0. The lowest BCUT2D eigenvalue weighted by molar-refractivity contribution is -0.134. The van der Waals surface area contributed by atoms with Gasteiger partial charge in [0.05, 0.1) is 0 Å². The fourth-order valence-corrected chi connectivity index (χ4v) is 2.74. The fraction of sp³-hybridized carbons (Fsp3) is 0.588. The van der Waals surface area contributed by atoms with E-state index in [1.807, 2.05) is 31.0 Å². The van der Waals surface area contributed by atoms with Gasteiger partial charge in [-0.1, -0.05) is 6.07 Å². The van der Waals surface area contributed by atoms with E-state index in [1.165, 1.54) is 0 Å². The average molecular weight is 318 g/mol. The second-order valence-corrected chi connectivity index (χ2v) is 6.07. The molecule has 0 aliphatic carbocycles. The lowest BCUT2D eigenvalue weighted by Gasteiger charge is -2.31. The maximum absolute atomic E-state index is 12.3. The highest BCUT2D eigenvalue weighted by molar-refractivity contribution is 5.91. The van der Waals surface area contributed by atoms with Crippen molar-refractivity contribution in [2.45, 2.75) is 32.6 Å². The number of aryl methyl sites for hydroxylation is 1. The third-order valence-corrected chi connectivity index (χ3v) is 4.20. The molecule has 1 saturated heterocycles. The highest BCUT2D eigenvalue weighted by atomic mass is 16.2. The topological polar surface area (TPSA) is 74.3 Å². The van der Waals surface area contributed by atoms with Crippen LogP contribution in [-0.4, -0.2) is 48.4 Å². The van der Waals surface area contributed by atoms with Crippen molar-refractivity contribution in [1.29, 1.82) is 0 Å². The number of amides is 2. The molecular formula is C17H26N4O2. The Morgan fingerprint density at radius 2 is 2.04 bits per heavy atom. The molecule has 2 heterocycles. The van der Waals surface area contributed by atoms with Gasteiger partial charge in [0.15, 0.2) is 0 Å². The van der Waals surface area contributed by atoms with Gasteiger partial charge in [-0.2, -0.15) is 0 Å². The monoisotopic (exact) mass is 318 g/mol. The molecule has 6 heteroatoms. The minimum Gasteiger partial charge on any atom is -0.343 e. The van der Waals surface area contributed by atoms with E-state index in [0.717, 1.165) is 31.4 Å². The molecule has 6 nitrogen and oxygen atoms in total. The van der Waals surface area contributed by atoms with Crippen LogP contribution in [0.4, 0.5) is 5.82 Å².